The fraction of sp³-hybridized carbons (Fsp3) is 1.00. The summed E-state index contributed by atoms with van der Waals surface area (Å²) in [7, 11) is 0. The average Bonchev–Trinajstić information content (AvgIpc) is 2.79. The van der Waals surface area contributed by atoms with E-state index in [0.29, 0.717) is 0 Å². The van der Waals surface area contributed by atoms with Crippen LogP contribution in [0.2, 0.25) is 0 Å². The molecule has 0 amide bonds. The number of hydrogen-bond donors (Lipinski definition) is 10. The Balaban J connectivity index is 1.80. The molecule has 0 aromatic carbocycles. The van der Waals surface area contributed by atoms with Crippen LogP contribution in [-0.2, 0) is 23.7 Å². The highest BCUT2D eigenvalue weighted by molar-refractivity contribution is 4.95. The van der Waals surface area contributed by atoms with E-state index < -0.39 is 105 Å². The van der Waals surface area contributed by atoms with Gasteiger partial charge in [0, 0.05) is 0 Å². The Kier molecular flexibility index (Phi) is 8.99. The summed E-state index contributed by atoms with van der Waals surface area (Å²) in [4.78, 5) is 0. The zero-order chi connectivity index (χ0) is 24.6. The van der Waals surface area contributed by atoms with Crippen molar-refractivity contribution in [3.05, 3.63) is 0 Å². The molecule has 0 bridgehead atoms. The van der Waals surface area contributed by atoms with E-state index in [2.05, 4.69) is 0 Å². The van der Waals surface area contributed by atoms with Crippen LogP contribution in [0.25, 0.3) is 0 Å². The van der Waals surface area contributed by atoms with E-state index in [1.54, 1.807) is 0 Å². The van der Waals surface area contributed by atoms with Gasteiger partial charge < -0.3 is 74.7 Å². The zero-order valence-electron chi connectivity index (χ0n) is 17.6. The second kappa shape index (κ2) is 11.0. The van der Waals surface area contributed by atoms with Crippen LogP contribution in [0.3, 0.4) is 0 Å². The lowest BCUT2D eigenvalue weighted by atomic mass is 9.96. The molecule has 3 fully saturated rings. The van der Waals surface area contributed by atoms with Crippen LogP contribution in [0.1, 0.15) is 6.92 Å². The summed E-state index contributed by atoms with van der Waals surface area (Å²) >= 11 is 0. The molecule has 0 spiro atoms. The van der Waals surface area contributed by atoms with Gasteiger partial charge in [0.05, 0.1) is 19.3 Å². The summed E-state index contributed by atoms with van der Waals surface area (Å²) in [5, 5.41) is 99.9. The van der Waals surface area contributed by atoms with Crippen molar-refractivity contribution < 1.29 is 74.7 Å². The molecular weight excluding hydrogens is 456 g/mol. The first-order chi connectivity index (χ1) is 15.5. The van der Waals surface area contributed by atoms with E-state index >= 15 is 0 Å². The highest BCUT2D eigenvalue weighted by Crippen LogP contribution is 2.32. The van der Waals surface area contributed by atoms with E-state index in [4.69, 9.17) is 23.7 Å². The molecule has 15 heteroatoms. The Morgan fingerprint density at radius 3 is 1.39 bits per heavy atom. The van der Waals surface area contributed by atoms with E-state index in [1.807, 2.05) is 0 Å². The second-order valence-corrected chi connectivity index (χ2v) is 8.32. The average molecular weight is 488 g/mol. The summed E-state index contributed by atoms with van der Waals surface area (Å²) in [5.41, 5.74) is 0. The Labute approximate surface area is 187 Å². The van der Waals surface area contributed by atoms with E-state index in [9.17, 15) is 51.1 Å². The minimum absolute atomic E-state index is 0.731. The molecule has 1 unspecified atom stereocenters. The summed E-state index contributed by atoms with van der Waals surface area (Å²) in [5.74, 6) is 0. The molecule has 0 aliphatic carbocycles. The molecule has 15 nitrogen and oxygen atoms in total. The fourth-order valence-corrected chi connectivity index (χ4v) is 3.97. The number of aliphatic hydroxyl groups is 10. The van der Waals surface area contributed by atoms with Crippen LogP contribution in [0.15, 0.2) is 0 Å². The summed E-state index contributed by atoms with van der Waals surface area (Å²) in [6.07, 6.45) is -24.1. The molecule has 0 aromatic heterocycles. The smallest absolute Gasteiger partial charge is 0.187 e. The van der Waals surface area contributed by atoms with Gasteiger partial charge in [0.25, 0.3) is 0 Å². The zero-order valence-corrected chi connectivity index (χ0v) is 17.6. The van der Waals surface area contributed by atoms with Crippen molar-refractivity contribution in [3.63, 3.8) is 0 Å². The third-order valence-electron chi connectivity index (χ3n) is 6.06. The molecular formula is C18H32O15. The first-order valence-electron chi connectivity index (χ1n) is 10.4. The number of ether oxygens (including phenoxy) is 5. The van der Waals surface area contributed by atoms with Crippen LogP contribution < -0.4 is 0 Å². The first kappa shape index (κ1) is 27.0. The van der Waals surface area contributed by atoms with Crippen LogP contribution in [0.4, 0.5) is 0 Å². The molecule has 0 saturated carbocycles. The van der Waals surface area contributed by atoms with Gasteiger partial charge in [0.2, 0.25) is 0 Å². The molecule has 0 radical (unpaired) electrons. The van der Waals surface area contributed by atoms with Gasteiger partial charge in [-0.15, -0.1) is 0 Å². The minimum Gasteiger partial charge on any atom is -0.394 e. The maximum atomic E-state index is 10.6. The fourth-order valence-electron chi connectivity index (χ4n) is 3.97. The minimum atomic E-state index is -1.83. The summed E-state index contributed by atoms with van der Waals surface area (Å²) < 4.78 is 26.8. The van der Waals surface area contributed by atoms with Gasteiger partial charge in [-0.3, -0.25) is 0 Å². The maximum Gasteiger partial charge on any atom is 0.187 e. The van der Waals surface area contributed by atoms with Crippen molar-refractivity contribution in [2.45, 2.75) is 99.0 Å². The Bertz CT molecular complexity index is 622. The van der Waals surface area contributed by atoms with Gasteiger partial charge in [-0.1, -0.05) is 0 Å². The third kappa shape index (κ3) is 5.32. The predicted molar refractivity (Wildman–Crippen MR) is 99.8 cm³/mol. The number of hydrogen-bond acceptors (Lipinski definition) is 15. The van der Waals surface area contributed by atoms with Gasteiger partial charge >= 0.3 is 0 Å². The van der Waals surface area contributed by atoms with Gasteiger partial charge in [-0.2, -0.15) is 0 Å². The Morgan fingerprint density at radius 1 is 0.545 bits per heavy atom. The van der Waals surface area contributed by atoms with E-state index in [-0.39, 0.29) is 0 Å². The molecule has 33 heavy (non-hydrogen) atoms. The lowest BCUT2D eigenvalue weighted by Gasteiger charge is -2.48. The molecule has 3 heterocycles. The van der Waals surface area contributed by atoms with Gasteiger partial charge in [-0.25, -0.2) is 0 Å². The lowest BCUT2D eigenvalue weighted by molar-refractivity contribution is -0.385. The molecule has 3 aliphatic heterocycles. The SMILES string of the molecule is C[C@@H]1OC(O)[C@H](O[C@H]2O[C@H](CO)[C@@H](O)[C@H](O)[C@@H]2O)[C@H](O[C@H]2O[C@H](CO)[C@@H](O)[C@H](O)[C@@H]2O)[C@H]1O. The van der Waals surface area contributed by atoms with Crippen molar-refractivity contribution in [2.24, 2.45) is 0 Å². The monoisotopic (exact) mass is 488 g/mol. The largest absolute Gasteiger partial charge is 0.394 e. The standard InChI is InChI=1S/C18H32O15/c1-4-7(21)14(32-17-12(26)10(24)8(22)5(2-19)30-17)15(16(28)29-4)33-18-13(27)11(25)9(23)6(3-20)31-18/h4-28H,2-3H2,1H3/t4-,5+,6+,7-,8+,9+,10-,11-,12-,13-,14+,15+,16?,17+,18+/m0/s1. The van der Waals surface area contributed by atoms with E-state index in [0.717, 1.165) is 0 Å². The summed E-state index contributed by atoms with van der Waals surface area (Å²) in [6, 6.07) is 0. The van der Waals surface area contributed by atoms with Crippen molar-refractivity contribution in [3.8, 4) is 0 Å². The van der Waals surface area contributed by atoms with Crippen molar-refractivity contribution in [2.75, 3.05) is 13.2 Å². The molecule has 0 aromatic rings. The molecule has 3 saturated heterocycles. The van der Waals surface area contributed by atoms with Gasteiger partial charge in [0.1, 0.15) is 67.1 Å². The maximum absolute atomic E-state index is 10.6. The van der Waals surface area contributed by atoms with Crippen molar-refractivity contribution >= 4 is 0 Å². The highest BCUT2D eigenvalue weighted by atomic mass is 16.8. The van der Waals surface area contributed by atoms with Crippen LogP contribution in [0.5, 0.6) is 0 Å². The molecule has 194 valence electrons. The normalized spacial score (nSPS) is 53.7. The summed E-state index contributed by atoms with van der Waals surface area (Å²) in [6.45, 7) is -0.0778. The number of aliphatic hydroxyl groups excluding tert-OH is 10. The Hall–Kier alpha value is -0.600. The number of rotatable bonds is 6. The molecule has 3 rings (SSSR count). The van der Waals surface area contributed by atoms with Gasteiger partial charge in [-0.05, 0) is 6.92 Å². The van der Waals surface area contributed by atoms with E-state index in [1.165, 1.54) is 6.92 Å². The second-order valence-electron chi connectivity index (χ2n) is 8.32. The van der Waals surface area contributed by atoms with Crippen LogP contribution >= 0.6 is 0 Å². The Morgan fingerprint density at radius 2 is 0.970 bits per heavy atom. The van der Waals surface area contributed by atoms with Crippen molar-refractivity contribution in [1.29, 1.82) is 0 Å². The van der Waals surface area contributed by atoms with Crippen LogP contribution in [0, 0.1) is 0 Å². The lowest BCUT2D eigenvalue weighted by Crippen LogP contribution is -2.66. The van der Waals surface area contributed by atoms with Crippen molar-refractivity contribution in [1.82, 2.24) is 0 Å². The van der Waals surface area contributed by atoms with Gasteiger partial charge in [0.15, 0.2) is 18.9 Å². The first-order valence-corrected chi connectivity index (χ1v) is 10.4. The topological polar surface area (TPSA) is 248 Å². The van der Waals surface area contributed by atoms with Crippen LogP contribution in [-0.4, -0.2) is 156 Å². The quantitative estimate of drug-likeness (QED) is 0.167. The molecule has 3 aliphatic rings. The molecule has 15 atom stereocenters. The highest BCUT2D eigenvalue weighted by Gasteiger charge is 2.53. The third-order valence-corrected chi connectivity index (χ3v) is 6.06. The predicted octanol–water partition coefficient (Wildman–Crippen LogP) is -6.55. The molecule has 10 N–H and O–H groups in total.